The van der Waals surface area contributed by atoms with E-state index >= 15 is 0 Å². The zero-order chi connectivity index (χ0) is 23.7. The third-order valence-electron chi connectivity index (χ3n) is 5.39. The lowest BCUT2D eigenvalue weighted by Crippen LogP contribution is -2.50. The number of benzene rings is 2. The molecule has 1 saturated heterocycles. The molecular weight excluding hydrogens is 504 g/mol. The van der Waals surface area contributed by atoms with E-state index in [2.05, 4.69) is 10.2 Å². The summed E-state index contributed by atoms with van der Waals surface area (Å²) in [6, 6.07) is 11.4. The van der Waals surface area contributed by atoms with Gasteiger partial charge in [0.05, 0.1) is 10.6 Å². The maximum atomic E-state index is 12.8. The number of carbonyl (C=O) groups is 1. The van der Waals surface area contributed by atoms with E-state index in [9.17, 15) is 13.2 Å². The Balaban J connectivity index is 1.14. The standard InChI is InChI=1S/C21H19ClN4O6S2/c22-15-2-4-16(5-3-15)34(28,29)26-9-7-25(8-10-26)19(27)12-33-21-24-23-20(32-21)14-1-6-17-18(11-14)31-13-30-17/h1-6,11H,7-10,12-13H2. The lowest BCUT2D eigenvalue weighted by Gasteiger charge is -2.33. The molecule has 0 saturated carbocycles. The van der Waals surface area contributed by atoms with Gasteiger partial charge in [-0.15, -0.1) is 10.2 Å². The normalized spacial score (nSPS) is 16.1. The van der Waals surface area contributed by atoms with Crippen molar-refractivity contribution in [3.63, 3.8) is 0 Å². The predicted octanol–water partition coefficient (Wildman–Crippen LogP) is 2.74. The van der Waals surface area contributed by atoms with Gasteiger partial charge in [-0.3, -0.25) is 4.79 Å². The van der Waals surface area contributed by atoms with Crippen LogP contribution < -0.4 is 9.47 Å². The minimum atomic E-state index is -3.63. The number of hydrogen-bond acceptors (Lipinski definition) is 9. The van der Waals surface area contributed by atoms with E-state index in [-0.39, 0.29) is 41.7 Å². The number of carbonyl (C=O) groups excluding carboxylic acids is 1. The van der Waals surface area contributed by atoms with Crippen LogP contribution in [0.15, 0.2) is 57.0 Å². The predicted molar refractivity (Wildman–Crippen MR) is 123 cm³/mol. The minimum Gasteiger partial charge on any atom is -0.454 e. The molecule has 0 unspecified atom stereocenters. The van der Waals surface area contributed by atoms with Crippen LogP contribution in [0, 0.1) is 0 Å². The fourth-order valence-corrected chi connectivity index (χ4v) is 5.78. The average molecular weight is 523 g/mol. The highest BCUT2D eigenvalue weighted by molar-refractivity contribution is 7.99. The van der Waals surface area contributed by atoms with Crippen LogP contribution in [0.5, 0.6) is 11.5 Å². The average Bonchev–Trinajstić information content (AvgIpc) is 3.52. The second kappa shape index (κ2) is 9.45. The van der Waals surface area contributed by atoms with Crippen LogP contribution in [0.2, 0.25) is 5.02 Å². The fraction of sp³-hybridized carbons (Fsp3) is 0.286. The monoisotopic (exact) mass is 522 g/mol. The molecule has 0 aliphatic carbocycles. The first kappa shape index (κ1) is 23.0. The summed E-state index contributed by atoms with van der Waals surface area (Å²) < 4.78 is 43.3. The second-order valence-corrected chi connectivity index (χ2v) is 10.8. The highest BCUT2D eigenvalue weighted by Crippen LogP contribution is 2.36. The lowest BCUT2D eigenvalue weighted by molar-refractivity contribution is -0.129. The number of thioether (sulfide) groups is 1. The fourth-order valence-electron chi connectivity index (χ4n) is 3.56. The zero-order valence-electron chi connectivity index (χ0n) is 17.7. The first-order chi connectivity index (χ1) is 16.4. The second-order valence-electron chi connectivity index (χ2n) is 7.47. The first-order valence-corrected chi connectivity index (χ1v) is 13.1. The molecule has 3 aromatic rings. The lowest BCUT2D eigenvalue weighted by atomic mass is 10.2. The van der Waals surface area contributed by atoms with Gasteiger partial charge in [0.1, 0.15) is 0 Å². The van der Waals surface area contributed by atoms with Crippen molar-refractivity contribution in [2.45, 2.75) is 10.1 Å². The van der Waals surface area contributed by atoms with E-state index in [0.29, 0.717) is 41.1 Å². The van der Waals surface area contributed by atoms with Crippen molar-refractivity contribution in [2.75, 3.05) is 38.7 Å². The molecule has 10 nitrogen and oxygen atoms in total. The topological polar surface area (TPSA) is 115 Å². The van der Waals surface area contributed by atoms with Gasteiger partial charge in [0.2, 0.25) is 28.6 Å². The van der Waals surface area contributed by atoms with Crippen molar-refractivity contribution in [1.82, 2.24) is 19.4 Å². The number of aromatic nitrogens is 2. The van der Waals surface area contributed by atoms with Crippen LogP contribution in [0.1, 0.15) is 0 Å². The Hall–Kier alpha value is -2.80. The number of ether oxygens (including phenoxy) is 2. The summed E-state index contributed by atoms with van der Waals surface area (Å²) in [6.07, 6.45) is 0. The Morgan fingerprint density at radius 1 is 1.00 bits per heavy atom. The molecule has 34 heavy (non-hydrogen) atoms. The van der Waals surface area contributed by atoms with Crippen molar-refractivity contribution < 1.29 is 27.1 Å². The summed E-state index contributed by atoms with van der Waals surface area (Å²) in [7, 11) is -3.63. The van der Waals surface area contributed by atoms with Crippen LogP contribution in [-0.2, 0) is 14.8 Å². The third-order valence-corrected chi connectivity index (χ3v) is 8.36. The largest absolute Gasteiger partial charge is 0.454 e. The van der Waals surface area contributed by atoms with Crippen LogP contribution in [0.4, 0.5) is 0 Å². The van der Waals surface area contributed by atoms with Gasteiger partial charge in [-0.2, -0.15) is 4.31 Å². The maximum absolute atomic E-state index is 12.8. The van der Waals surface area contributed by atoms with Crippen molar-refractivity contribution in [2.24, 2.45) is 0 Å². The van der Waals surface area contributed by atoms with Crippen molar-refractivity contribution >= 4 is 39.3 Å². The van der Waals surface area contributed by atoms with Crippen LogP contribution in [0.3, 0.4) is 0 Å². The number of fused-ring (bicyclic) bond motifs is 1. The SMILES string of the molecule is O=C(CSc1nnc(-c2ccc3c(c2)OCO3)o1)N1CCN(S(=O)(=O)c2ccc(Cl)cc2)CC1. The highest BCUT2D eigenvalue weighted by atomic mass is 35.5. The number of halogens is 1. The molecular formula is C21H19ClN4O6S2. The molecule has 13 heteroatoms. The molecule has 0 atom stereocenters. The molecule has 0 bridgehead atoms. The Labute approximate surface area is 204 Å². The summed E-state index contributed by atoms with van der Waals surface area (Å²) in [5.74, 6) is 1.56. The summed E-state index contributed by atoms with van der Waals surface area (Å²) in [6.45, 7) is 1.22. The Kier molecular flexibility index (Phi) is 6.38. The van der Waals surface area contributed by atoms with Gasteiger partial charge in [-0.25, -0.2) is 8.42 Å². The van der Waals surface area contributed by atoms with E-state index in [1.54, 1.807) is 35.2 Å². The van der Waals surface area contributed by atoms with Gasteiger partial charge in [0.25, 0.3) is 5.22 Å². The quantitative estimate of drug-likeness (QED) is 0.450. The molecule has 0 radical (unpaired) electrons. The van der Waals surface area contributed by atoms with Crippen LogP contribution in [0.25, 0.3) is 11.5 Å². The first-order valence-electron chi connectivity index (χ1n) is 10.3. The number of amides is 1. The molecule has 1 aromatic heterocycles. The van der Waals surface area contributed by atoms with E-state index in [4.69, 9.17) is 25.5 Å². The number of nitrogens with zero attached hydrogens (tertiary/aromatic N) is 4. The van der Waals surface area contributed by atoms with E-state index < -0.39 is 10.0 Å². The van der Waals surface area contributed by atoms with Gasteiger partial charge >= 0.3 is 0 Å². The Morgan fingerprint density at radius 2 is 1.74 bits per heavy atom. The molecule has 0 N–H and O–H groups in total. The number of sulfonamides is 1. The van der Waals surface area contributed by atoms with Gasteiger partial charge in [-0.05, 0) is 42.5 Å². The summed E-state index contributed by atoms with van der Waals surface area (Å²) >= 11 is 6.98. The van der Waals surface area contributed by atoms with Crippen LogP contribution >= 0.6 is 23.4 Å². The van der Waals surface area contributed by atoms with Gasteiger partial charge < -0.3 is 18.8 Å². The van der Waals surface area contributed by atoms with Crippen molar-refractivity contribution in [3.8, 4) is 23.0 Å². The highest BCUT2D eigenvalue weighted by Gasteiger charge is 2.30. The summed E-state index contributed by atoms with van der Waals surface area (Å²) in [5.41, 5.74) is 0.688. The van der Waals surface area contributed by atoms with E-state index in [1.807, 2.05) is 0 Å². The maximum Gasteiger partial charge on any atom is 0.277 e. The van der Waals surface area contributed by atoms with Crippen molar-refractivity contribution in [3.05, 3.63) is 47.5 Å². The number of rotatable bonds is 6. The summed E-state index contributed by atoms with van der Waals surface area (Å²) in [4.78, 5) is 14.5. The molecule has 1 amide bonds. The molecule has 2 aromatic carbocycles. The van der Waals surface area contributed by atoms with Gasteiger partial charge in [0, 0.05) is 36.8 Å². The van der Waals surface area contributed by atoms with E-state index in [1.165, 1.54) is 16.4 Å². The Bertz CT molecular complexity index is 1310. The van der Waals surface area contributed by atoms with Crippen LogP contribution in [-0.4, -0.2) is 72.5 Å². The van der Waals surface area contributed by atoms with Gasteiger partial charge in [0.15, 0.2) is 11.5 Å². The minimum absolute atomic E-state index is 0.104. The molecule has 2 aliphatic rings. The summed E-state index contributed by atoms with van der Waals surface area (Å²) in [5, 5.41) is 8.76. The molecule has 0 spiro atoms. The third kappa shape index (κ3) is 4.71. The number of piperazine rings is 1. The smallest absolute Gasteiger partial charge is 0.277 e. The Morgan fingerprint density at radius 3 is 2.50 bits per heavy atom. The molecule has 3 heterocycles. The van der Waals surface area contributed by atoms with E-state index in [0.717, 1.165) is 11.8 Å². The van der Waals surface area contributed by atoms with Crippen molar-refractivity contribution in [1.29, 1.82) is 0 Å². The molecule has 5 rings (SSSR count). The zero-order valence-corrected chi connectivity index (χ0v) is 20.1. The molecule has 2 aliphatic heterocycles. The van der Waals surface area contributed by atoms with Gasteiger partial charge in [-0.1, -0.05) is 23.4 Å². The molecule has 178 valence electrons. The molecule has 1 fully saturated rings. The number of hydrogen-bond donors (Lipinski definition) is 0.